The van der Waals surface area contributed by atoms with E-state index in [1.807, 2.05) is 6.92 Å². The molecule has 1 aliphatic heterocycles. The molecule has 0 radical (unpaired) electrons. The number of benzene rings is 1. The van der Waals surface area contributed by atoms with Gasteiger partial charge in [-0.1, -0.05) is 12.8 Å². The summed E-state index contributed by atoms with van der Waals surface area (Å²) in [6.45, 7) is 3.01. The van der Waals surface area contributed by atoms with Crippen LogP contribution in [0.1, 0.15) is 31.2 Å². The monoisotopic (exact) mass is 313 g/mol. The van der Waals surface area contributed by atoms with Crippen molar-refractivity contribution in [1.82, 2.24) is 4.31 Å². The number of hydrogen-bond acceptors (Lipinski definition) is 4. The van der Waals surface area contributed by atoms with Crippen molar-refractivity contribution in [2.45, 2.75) is 37.5 Å². The van der Waals surface area contributed by atoms with Gasteiger partial charge in [-0.2, -0.15) is 4.31 Å². The Morgan fingerprint density at radius 3 is 2.05 bits per heavy atom. The normalized spacial score (nSPS) is 17.3. The Kier molecular flexibility index (Phi) is 5.11. The SMILES string of the molecule is COc1cc(S(=O)(=O)N2CCCCCC2)c(OC)cc1C. The fourth-order valence-corrected chi connectivity index (χ4v) is 4.31. The molecule has 6 heteroatoms. The third kappa shape index (κ3) is 3.32. The summed E-state index contributed by atoms with van der Waals surface area (Å²) in [7, 11) is -0.522. The highest BCUT2D eigenvalue weighted by molar-refractivity contribution is 7.89. The van der Waals surface area contributed by atoms with Gasteiger partial charge in [-0.15, -0.1) is 0 Å². The fraction of sp³-hybridized carbons (Fsp3) is 0.600. The lowest BCUT2D eigenvalue weighted by Gasteiger charge is -2.22. The van der Waals surface area contributed by atoms with Crippen molar-refractivity contribution in [3.05, 3.63) is 17.7 Å². The van der Waals surface area contributed by atoms with Gasteiger partial charge in [0.05, 0.1) is 14.2 Å². The van der Waals surface area contributed by atoms with Gasteiger partial charge >= 0.3 is 0 Å². The summed E-state index contributed by atoms with van der Waals surface area (Å²) in [5.74, 6) is 0.932. The van der Waals surface area contributed by atoms with E-state index in [1.54, 1.807) is 16.4 Å². The molecule has 0 aromatic heterocycles. The van der Waals surface area contributed by atoms with Gasteiger partial charge in [0.2, 0.25) is 10.0 Å². The first kappa shape index (κ1) is 16.1. The zero-order valence-electron chi connectivity index (χ0n) is 12.9. The molecule has 5 nitrogen and oxygen atoms in total. The van der Waals surface area contributed by atoms with Crippen molar-refractivity contribution in [3.8, 4) is 11.5 Å². The second kappa shape index (κ2) is 6.66. The molecule has 1 aromatic carbocycles. The Labute approximate surface area is 126 Å². The molecule has 0 saturated carbocycles. The third-order valence-electron chi connectivity index (χ3n) is 3.86. The summed E-state index contributed by atoms with van der Waals surface area (Å²) in [4.78, 5) is 0.189. The van der Waals surface area contributed by atoms with Crippen LogP contribution in [0.25, 0.3) is 0 Å². The van der Waals surface area contributed by atoms with Crippen LogP contribution in [0.4, 0.5) is 0 Å². The lowest BCUT2D eigenvalue weighted by atomic mass is 10.2. The quantitative estimate of drug-likeness (QED) is 0.857. The van der Waals surface area contributed by atoms with E-state index in [0.29, 0.717) is 24.6 Å². The van der Waals surface area contributed by atoms with Crippen molar-refractivity contribution in [2.24, 2.45) is 0 Å². The van der Waals surface area contributed by atoms with Crippen LogP contribution in [-0.4, -0.2) is 40.0 Å². The van der Waals surface area contributed by atoms with Gasteiger partial charge in [0.15, 0.2) is 0 Å². The Bertz CT molecular complexity index is 590. The van der Waals surface area contributed by atoms with Crippen LogP contribution in [0.15, 0.2) is 17.0 Å². The second-order valence-electron chi connectivity index (χ2n) is 5.29. The molecule has 1 heterocycles. The zero-order valence-corrected chi connectivity index (χ0v) is 13.7. The van der Waals surface area contributed by atoms with E-state index >= 15 is 0 Å². The Balaban J connectivity index is 2.47. The van der Waals surface area contributed by atoms with Gasteiger partial charge in [-0.05, 0) is 31.4 Å². The maximum absolute atomic E-state index is 12.9. The van der Waals surface area contributed by atoms with E-state index in [4.69, 9.17) is 9.47 Å². The van der Waals surface area contributed by atoms with Crippen LogP contribution in [0.3, 0.4) is 0 Å². The van der Waals surface area contributed by atoms with Crippen LogP contribution >= 0.6 is 0 Å². The summed E-state index contributed by atoms with van der Waals surface area (Å²) < 4.78 is 37.9. The van der Waals surface area contributed by atoms with E-state index in [-0.39, 0.29) is 4.90 Å². The van der Waals surface area contributed by atoms with Crippen LogP contribution < -0.4 is 9.47 Å². The third-order valence-corrected chi connectivity index (χ3v) is 5.78. The van der Waals surface area contributed by atoms with E-state index in [0.717, 1.165) is 31.2 Å². The summed E-state index contributed by atoms with van der Waals surface area (Å²) >= 11 is 0. The number of sulfonamides is 1. The summed E-state index contributed by atoms with van der Waals surface area (Å²) in [6.07, 6.45) is 3.98. The molecular formula is C15H23NO4S. The molecule has 0 amide bonds. The summed E-state index contributed by atoms with van der Waals surface area (Å²) in [5.41, 5.74) is 0.851. The van der Waals surface area contributed by atoms with Gasteiger partial charge in [0.1, 0.15) is 16.4 Å². The highest BCUT2D eigenvalue weighted by Gasteiger charge is 2.29. The summed E-state index contributed by atoms with van der Waals surface area (Å²) in [6, 6.07) is 3.28. The molecule has 21 heavy (non-hydrogen) atoms. The molecule has 1 aliphatic rings. The number of hydrogen-bond donors (Lipinski definition) is 0. The largest absolute Gasteiger partial charge is 0.496 e. The minimum atomic E-state index is -3.55. The smallest absolute Gasteiger partial charge is 0.246 e. The maximum Gasteiger partial charge on any atom is 0.246 e. The van der Waals surface area contributed by atoms with E-state index in [1.165, 1.54) is 14.2 Å². The minimum absolute atomic E-state index is 0.189. The average Bonchev–Trinajstić information content (AvgIpc) is 2.76. The van der Waals surface area contributed by atoms with Gasteiger partial charge in [-0.25, -0.2) is 8.42 Å². The fourth-order valence-electron chi connectivity index (χ4n) is 2.65. The van der Waals surface area contributed by atoms with Gasteiger partial charge < -0.3 is 9.47 Å². The second-order valence-corrected chi connectivity index (χ2v) is 7.20. The zero-order chi connectivity index (χ0) is 15.5. The molecule has 118 valence electrons. The van der Waals surface area contributed by atoms with Gasteiger partial charge in [-0.3, -0.25) is 0 Å². The molecule has 0 aliphatic carbocycles. The first-order valence-electron chi connectivity index (χ1n) is 7.23. The molecule has 0 unspecified atom stereocenters. The first-order valence-corrected chi connectivity index (χ1v) is 8.67. The van der Waals surface area contributed by atoms with E-state index in [2.05, 4.69) is 0 Å². The molecule has 0 atom stereocenters. The predicted octanol–water partition coefficient (Wildman–Crippen LogP) is 2.58. The number of aryl methyl sites for hydroxylation is 1. The predicted molar refractivity (Wildman–Crippen MR) is 81.5 cm³/mol. The molecule has 0 spiro atoms. The molecule has 0 bridgehead atoms. The Hall–Kier alpha value is -1.27. The molecule has 2 rings (SSSR count). The number of nitrogens with zero attached hydrogens (tertiary/aromatic N) is 1. The molecular weight excluding hydrogens is 290 g/mol. The maximum atomic E-state index is 12.9. The molecule has 0 N–H and O–H groups in total. The Morgan fingerprint density at radius 2 is 1.52 bits per heavy atom. The highest BCUT2D eigenvalue weighted by atomic mass is 32.2. The standard InChI is InChI=1S/C15H23NO4S/c1-12-10-14(20-3)15(11-13(12)19-2)21(17,18)16-8-6-4-5-7-9-16/h10-11H,4-9H2,1-3H3. The minimum Gasteiger partial charge on any atom is -0.496 e. The average molecular weight is 313 g/mol. The van der Waals surface area contributed by atoms with Crippen LogP contribution in [0.5, 0.6) is 11.5 Å². The molecule has 1 fully saturated rings. The number of methoxy groups -OCH3 is 2. The summed E-state index contributed by atoms with van der Waals surface area (Å²) in [5, 5.41) is 0. The number of ether oxygens (including phenoxy) is 2. The van der Waals surface area contributed by atoms with Gasteiger partial charge in [0.25, 0.3) is 0 Å². The van der Waals surface area contributed by atoms with Crippen molar-refractivity contribution >= 4 is 10.0 Å². The Morgan fingerprint density at radius 1 is 0.952 bits per heavy atom. The van der Waals surface area contributed by atoms with E-state index < -0.39 is 10.0 Å². The van der Waals surface area contributed by atoms with Gasteiger partial charge in [0, 0.05) is 19.2 Å². The van der Waals surface area contributed by atoms with Crippen molar-refractivity contribution in [2.75, 3.05) is 27.3 Å². The molecule has 1 saturated heterocycles. The van der Waals surface area contributed by atoms with Crippen LogP contribution in [0, 0.1) is 6.92 Å². The lowest BCUT2D eigenvalue weighted by Crippen LogP contribution is -2.32. The number of rotatable bonds is 4. The first-order chi connectivity index (χ1) is 10.0. The van der Waals surface area contributed by atoms with Crippen LogP contribution in [0.2, 0.25) is 0 Å². The topological polar surface area (TPSA) is 55.8 Å². The van der Waals surface area contributed by atoms with E-state index in [9.17, 15) is 8.42 Å². The van der Waals surface area contributed by atoms with Crippen molar-refractivity contribution < 1.29 is 17.9 Å². The van der Waals surface area contributed by atoms with Crippen LogP contribution in [-0.2, 0) is 10.0 Å². The lowest BCUT2D eigenvalue weighted by molar-refractivity contribution is 0.382. The van der Waals surface area contributed by atoms with Crippen molar-refractivity contribution in [1.29, 1.82) is 0 Å². The highest BCUT2D eigenvalue weighted by Crippen LogP contribution is 2.34. The van der Waals surface area contributed by atoms with Crippen molar-refractivity contribution in [3.63, 3.8) is 0 Å². The molecule has 1 aromatic rings.